The van der Waals surface area contributed by atoms with E-state index in [1.54, 1.807) is 12.1 Å². The minimum atomic E-state index is -0.464. The van der Waals surface area contributed by atoms with Crippen molar-refractivity contribution in [1.82, 2.24) is 14.7 Å². The van der Waals surface area contributed by atoms with Crippen LogP contribution in [0.15, 0.2) is 24.3 Å². The van der Waals surface area contributed by atoms with Crippen molar-refractivity contribution >= 4 is 5.91 Å². The maximum Gasteiger partial charge on any atom is 0.233 e. The fourth-order valence-corrected chi connectivity index (χ4v) is 4.96. The van der Waals surface area contributed by atoms with Gasteiger partial charge in [-0.25, -0.2) is 4.39 Å². The standard InChI is InChI=1S/C22H32FN3O2/c1-24-9-2-10-25(12-11-24)13-17-14-26(15-18(17)16-27)21(28)22(7-8-22)19-3-5-20(23)6-4-19/h3-6,17-18,27H,2,7-16H2,1H3/t17-,18-/m1/s1. The van der Waals surface area contributed by atoms with Crippen LogP contribution in [0.2, 0.25) is 0 Å². The molecule has 2 aliphatic heterocycles. The summed E-state index contributed by atoms with van der Waals surface area (Å²) in [5.41, 5.74) is 0.465. The Morgan fingerprint density at radius 2 is 1.82 bits per heavy atom. The van der Waals surface area contributed by atoms with Crippen molar-refractivity contribution in [1.29, 1.82) is 0 Å². The minimum absolute atomic E-state index is 0.131. The summed E-state index contributed by atoms with van der Waals surface area (Å²) in [6.07, 6.45) is 2.84. The second kappa shape index (κ2) is 8.09. The van der Waals surface area contributed by atoms with Gasteiger partial charge in [-0.3, -0.25) is 4.79 Å². The van der Waals surface area contributed by atoms with Gasteiger partial charge in [-0.1, -0.05) is 12.1 Å². The Morgan fingerprint density at radius 3 is 2.50 bits per heavy atom. The average Bonchev–Trinajstić information content (AvgIpc) is 3.44. The molecule has 6 heteroatoms. The number of hydrogen-bond acceptors (Lipinski definition) is 4. The van der Waals surface area contributed by atoms with Gasteiger partial charge in [0, 0.05) is 45.2 Å². The molecule has 1 saturated carbocycles. The highest BCUT2D eigenvalue weighted by Crippen LogP contribution is 2.50. The van der Waals surface area contributed by atoms with E-state index >= 15 is 0 Å². The molecule has 0 aromatic heterocycles. The van der Waals surface area contributed by atoms with Gasteiger partial charge in [0.25, 0.3) is 0 Å². The zero-order valence-electron chi connectivity index (χ0n) is 16.8. The molecule has 0 spiro atoms. The van der Waals surface area contributed by atoms with Gasteiger partial charge < -0.3 is 19.8 Å². The number of hydrogen-bond donors (Lipinski definition) is 1. The molecule has 1 N–H and O–H groups in total. The lowest BCUT2D eigenvalue weighted by atomic mass is 9.94. The Morgan fingerprint density at radius 1 is 1.11 bits per heavy atom. The number of rotatable bonds is 5. The average molecular weight is 390 g/mol. The molecule has 3 aliphatic rings. The Kier molecular flexibility index (Phi) is 5.72. The molecule has 0 bridgehead atoms. The molecule has 2 heterocycles. The SMILES string of the molecule is CN1CCCN(C[C@@H]2CN(C(=O)C3(c4ccc(F)cc4)CC3)C[C@@H]2CO)CC1. The zero-order valence-corrected chi connectivity index (χ0v) is 16.8. The van der Waals surface area contributed by atoms with Crippen LogP contribution in [-0.4, -0.2) is 85.2 Å². The lowest BCUT2D eigenvalue weighted by Crippen LogP contribution is -2.39. The lowest BCUT2D eigenvalue weighted by Gasteiger charge is -2.26. The molecule has 1 aromatic carbocycles. The van der Waals surface area contributed by atoms with Gasteiger partial charge in [0.15, 0.2) is 0 Å². The highest BCUT2D eigenvalue weighted by atomic mass is 19.1. The predicted octanol–water partition coefficient (Wildman–Crippen LogP) is 1.56. The van der Waals surface area contributed by atoms with Gasteiger partial charge in [0.05, 0.1) is 5.41 Å². The quantitative estimate of drug-likeness (QED) is 0.830. The highest BCUT2D eigenvalue weighted by Gasteiger charge is 2.54. The minimum Gasteiger partial charge on any atom is -0.396 e. The van der Waals surface area contributed by atoms with Crippen LogP contribution >= 0.6 is 0 Å². The number of aliphatic hydroxyl groups excluding tert-OH is 1. The van der Waals surface area contributed by atoms with Crippen LogP contribution in [0, 0.1) is 17.7 Å². The predicted molar refractivity (Wildman–Crippen MR) is 107 cm³/mol. The van der Waals surface area contributed by atoms with Gasteiger partial charge >= 0.3 is 0 Å². The third-order valence-corrected chi connectivity index (χ3v) is 6.96. The fraction of sp³-hybridized carbons (Fsp3) is 0.682. The first-order valence-electron chi connectivity index (χ1n) is 10.6. The third-order valence-electron chi connectivity index (χ3n) is 6.96. The van der Waals surface area contributed by atoms with E-state index in [4.69, 9.17) is 0 Å². The second-order valence-corrected chi connectivity index (χ2v) is 8.96. The molecule has 4 rings (SSSR count). The van der Waals surface area contributed by atoms with Crippen molar-refractivity contribution in [3.8, 4) is 0 Å². The summed E-state index contributed by atoms with van der Waals surface area (Å²) in [5.74, 6) is 0.364. The summed E-state index contributed by atoms with van der Waals surface area (Å²) < 4.78 is 13.3. The Labute approximate surface area is 167 Å². The Bertz CT molecular complexity index is 692. The Hall–Kier alpha value is -1.50. The number of carbonyl (C=O) groups is 1. The maximum absolute atomic E-state index is 13.3. The topological polar surface area (TPSA) is 47.0 Å². The summed E-state index contributed by atoms with van der Waals surface area (Å²) >= 11 is 0. The number of nitrogens with zero attached hydrogens (tertiary/aromatic N) is 3. The molecule has 0 unspecified atom stereocenters. The van der Waals surface area contributed by atoms with Crippen molar-refractivity contribution in [3.05, 3.63) is 35.6 Å². The number of aliphatic hydroxyl groups is 1. The van der Waals surface area contributed by atoms with Crippen LogP contribution in [0.3, 0.4) is 0 Å². The van der Waals surface area contributed by atoms with Crippen LogP contribution < -0.4 is 0 Å². The Balaban J connectivity index is 1.42. The fourth-order valence-electron chi connectivity index (χ4n) is 4.96. The summed E-state index contributed by atoms with van der Waals surface area (Å²) in [6, 6.07) is 6.40. The van der Waals surface area contributed by atoms with Gasteiger partial charge in [0.1, 0.15) is 5.82 Å². The van der Waals surface area contributed by atoms with Crippen molar-refractivity contribution < 1.29 is 14.3 Å². The number of likely N-dealkylation sites (tertiary alicyclic amines) is 1. The van der Waals surface area contributed by atoms with Crippen LogP contribution in [0.25, 0.3) is 0 Å². The normalized spacial score (nSPS) is 28.3. The smallest absolute Gasteiger partial charge is 0.233 e. The van der Waals surface area contributed by atoms with E-state index in [9.17, 15) is 14.3 Å². The molecular weight excluding hydrogens is 357 g/mol. The van der Waals surface area contributed by atoms with Crippen LogP contribution in [0.4, 0.5) is 4.39 Å². The number of benzene rings is 1. The van der Waals surface area contributed by atoms with E-state index < -0.39 is 5.41 Å². The molecule has 1 aromatic rings. The summed E-state index contributed by atoms with van der Waals surface area (Å²) in [4.78, 5) is 20.2. The molecule has 2 saturated heterocycles. The summed E-state index contributed by atoms with van der Waals surface area (Å²) in [7, 11) is 2.17. The molecule has 154 valence electrons. The molecule has 0 radical (unpaired) electrons. The van der Waals surface area contributed by atoms with Crippen molar-refractivity contribution in [2.45, 2.75) is 24.7 Å². The first-order valence-corrected chi connectivity index (χ1v) is 10.6. The van der Waals surface area contributed by atoms with E-state index in [1.165, 1.54) is 18.6 Å². The lowest BCUT2D eigenvalue weighted by molar-refractivity contribution is -0.133. The number of carbonyl (C=O) groups excluding carboxylic acids is 1. The number of amides is 1. The van der Waals surface area contributed by atoms with Crippen molar-refractivity contribution in [3.63, 3.8) is 0 Å². The summed E-state index contributed by atoms with van der Waals surface area (Å²) in [6.45, 7) is 6.79. The van der Waals surface area contributed by atoms with E-state index in [0.29, 0.717) is 12.5 Å². The van der Waals surface area contributed by atoms with Crippen molar-refractivity contribution in [2.24, 2.45) is 11.8 Å². The van der Waals surface area contributed by atoms with Gasteiger partial charge in [-0.05, 0) is 63.0 Å². The monoisotopic (exact) mass is 389 g/mol. The molecule has 2 atom stereocenters. The second-order valence-electron chi connectivity index (χ2n) is 8.96. The maximum atomic E-state index is 13.3. The molecule has 1 aliphatic carbocycles. The number of halogens is 1. The van der Waals surface area contributed by atoms with Crippen LogP contribution in [0.5, 0.6) is 0 Å². The van der Waals surface area contributed by atoms with E-state index in [-0.39, 0.29) is 24.2 Å². The van der Waals surface area contributed by atoms with Crippen LogP contribution in [-0.2, 0) is 10.2 Å². The zero-order chi connectivity index (χ0) is 19.7. The number of likely N-dealkylation sites (N-methyl/N-ethyl adjacent to an activating group) is 1. The molecular formula is C22H32FN3O2. The molecule has 3 fully saturated rings. The van der Waals surface area contributed by atoms with E-state index in [1.807, 2.05) is 4.90 Å². The van der Waals surface area contributed by atoms with E-state index in [0.717, 1.165) is 57.7 Å². The van der Waals surface area contributed by atoms with Gasteiger partial charge in [-0.15, -0.1) is 0 Å². The van der Waals surface area contributed by atoms with Crippen LogP contribution in [0.1, 0.15) is 24.8 Å². The largest absolute Gasteiger partial charge is 0.396 e. The third kappa shape index (κ3) is 3.95. The molecule has 5 nitrogen and oxygen atoms in total. The van der Waals surface area contributed by atoms with Crippen molar-refractivity contribution in [2.75, 3.05) is 59.5 Å². The molecule has 28 heavy (non-hydrogen) atoms. The van der Waals surface area contributed by atoms with Gasteiger partial charge in [0.2, 0.25) is 5.91 Å². The van der Waals surface area contributed by atoms with Gasteiger partial charge in [-0.2, -0.15) is 0 Å². The molecule has 1 amide bonds. The summed E-state index contributed by atoms with van der Waals surface area (Å²) in [5, 5.41) is 9.92. The first kappa shape index (κ1) is 19.8. The highest BCUT2D eigenvalue weighted by molar-refractivity contribution is 5.91. The van der Waals surface area contributed by atoms with E-state index in [2.05, 4.69) is 16.8 Å². The first-order chi connectivity index (χ1) is 13.5.